The summed E-state index contributed by atoms with van der Waals surface area (Å²) in [5, 5.41) is 0. The van der Waals surface area contributed by atoms with Crippen molar-refractivity contribution in [2.24, 2.45) is 5.92 Å². The fourth-order valence-electron chi connectivity index (χ4n) is 3.57. The molecule has 2 atom stereocenters. The molecule has 2 unspecified atom stereocenters. The van der Waals surface area contributed by atoms with E-state index in [1.54, 1.807) is 7.05 Å². The van der Waals surface area contributed by atoms with Gasteiger partial charge in [0.25, 0.3) is 0 Å². The third-order valence-corrected chi connectivity index (χ3v) is 5.75. The lowest BCUT2D eigenvalue weighted by atomic mass is 9.90. The van der Waals surface area contributed by atoms with Crippen LogP contribution < -0.4 is 0 Å². The maximum absolute atomic E-state index is 12.3. The summed E-state index contributed by atoms with van der Waals surface area (Å²) in [7, 11) is 1.69. The van der Waals surface area contributed by atoms with Gasteiger partial charge in [0.15, 0.2) is 12.4 Å². The molecule has 0 radical (unpaired) electrons. The van der Waals surface area contributed by atoms with E-state index >= 15 is 0 Å². The third kappa shape index (κ3) is 17.1. The molecule has 0 saturated carbocycles. The molecule has 0 aliphatic carbocycles. The molecule has 0 rings (SSSR count). The number of nitrogens with zero attached hydrogens (tertiary/aromatic N) is 1. The van der Waals surface area contributed by atoms with Gasteiger partial charge in [-0.15, -0.1) is 0 Å². The number of hydrogen-bond donors (Lipinski definition) is 1. The Hall–Kier alpha value is -1.23. The van der Waals surface area contributed by atoms with Gasteiger partial charge in [-0.2, -0.15) is 12.6 Å². The number of hydrogen-bond acceptors (Lipinski definition) is 4. The summed E-state index contributed by atoms with van der Waals surface area (Å²) in [5.74, 6) is 0.684. The number of unbranched alkanes of at least 4 members (excludes halogenated alkanes) is 7. The smallest absolute Gasteiger partial charge is 0.410 e. The first-order chi connectivity index (χ1) is 15.1. The summed E-state index contributed by atoms with van der Waals surface area (Å²) >= 11 is 4.16. The Kier molecular flexibility index (Phi) is 21.1. The predicted octanol–water partition coefficient (Wildman–Crippen LogP) is 7.39. The molecule has 0 N–H and O–H groups in total. The Labute approximate surface area is 197 Å². The van der Waals surface area contributed by atoms with Crippen LogP contribution >= 0.6 is 12.6 Å². The number of allylic oxidation sites excluding steroid dienone is 4. The summed E-state index contributed by atoms with van der Waals surface area (Å²) in [6.07, 6.45) is 23.1. The van der Waals surface area contributed by atoms with Crippen molar-refractivity contribution in [3.8, 4) is 0 Å². The number of rotatable bonds is 20. The highest BCUT2D eigenvalue weighted by molar-refractivity contribution is 7.80. The molecule has 0 bridgehead atoms. The van der Waals surface area contributed by atoms with Crippen LogP contribution in [0.2, 0.25) is 0 Å². The van der Waals surface area contributed by atoms with Gasteiger partial charge in [0, 0.05) is 25.3 Å². The quantitative estimate of drug-likeness (QED) is 0.0904. The highest BCUT2D eigenvalue weighted by atomic mass is 32.1. The summed E-state index contributed by atoms with van der Waals surface area (Å²) in [6, 6.07) is 0. The molecule has 0 aromatic rings. The van der Waals surface area contributed by atoms with E-state index in [1.807, 2.05) is 0 Å². The molecular weight excluding hydrogens is 406 g/mol. The van der Waals surface area contributed by atoms with Gasteiger partial charge in [-0.05, 0) is 38.5 Å². The molecule has 0 heterocycles. The largest absolute Gasteiger partial charge is 0.438 e. The van der Waals surface area contributed by atoms with Crippen LogP contribution in [0.25, 0.3) is 0 Å². The first-order valence-electron chi connectivity index (χ1n) is 12.4. The fraction of sp³-hybridized carbons (Fsp3) is 0.769. The third-order valence-electron chi connectivity index (χ3n) is 5.55. The van der Waals surface area contributed by atoms with E-state index in [0.29, 0.717) is 12.3 Å². The second-order valence-electron chi connectivity index (χ2n) is 8.32. The second-order valence-corrected chi connectivity index (χ2v) is 8.76. The van der Waals surface area contributed by atoms with Crippen molar-refractivity contribution in [1.82, 2.24) is 4.90 Å². The minimum atomic E-state index is -0.647. The molecule has 0 spiro atoms. The van der Waals surface area contributed by atoms with Gasteiger partial charge in [-0.1, -0.05) is 83.1 Å². The highest BCUT2D eigenvalue weighted by Gasteiger charge is 2.25. The molecule has 0 aromatic carbocycles. The molecule has 0 fully saturated rings. The molecule has 31 heavy (non-hydrogen) atoms. The number of carbonyl (C=O) groups excluding carboxylic acids is 2. The molecule has 0 aliphatic rings. The lowest BCUT2D eigenvalue weighted by molar-refractivity contribution is -0.118. The van der Waals surface area contributed by atoms with Gasteiger partial charge in [-0.25, -0.2) is 4.79 Å². The predicted molar refractivity (Wildman–Crippen MR) is 136 cm³/mol. The summed E-state index contributed by atoms with van der Waals surface area (Å²) in [5.41, 5.74) is 0. The van der Waals surface area contributed by atoms with Crippen LogP contribution in [-0.4, -0.2) is 42.7 Å². The summed E-state index contributed by atoms with van der Waals surface area (Å²) in [4.78, 5) is 25.5. The number of thiol groups is 1. The van der Waals surface area contributed by atoms with Gasteiger partial charge >= 0.3 is 6.09 Å². The maximum atomic E-state index is 12.3. The minimum absolute atomic E-state index is 0.113. The topological polar surface area (TPSA) is 46.6 Å². The van der Waals surface area contributed by atoms with Crippen LogP contribution in [0.3, 0.4) is 0 Å². The Balaban J connectivity index is 4.50. The van der Waals surface area contributed by atoms with E-state index in [-0.39, 0.29) is 5.92 Å². The lowest BCUT2D eigenvalue weighted by Gasteiger charge is -2.25. The van der Waals surface area contributed by atoms with Crippen LogP contribution in [0.15, 0.2) is 24.3 Å². The standard InChI is InChI=1S/C26H47NO3S/c1-4-6-8-10-11-12-13-14-16-18-20-24(19-17-15-9-7-5-2)25(23-28)30-26(29)27(3)21-22-31/h6,8,11-12,23-25,31H,4-5,7,9-10,13-22H2,1-3H3. The first-order valence-corrected chi connectivity index (χ1v) is 13.0. The highest BCUT2D eigenvalue weighted by Crippen LogP contribution is 2.23. The average molecular weight is 454 g/mol. The van der Waals surface area contributed by atoms with Crippen LogP contribution in [-0.2, 0) is 9.53 Å². The zero-order chi connectivity index (χ0) is 23.2. The van der Waals surface area contributed by atoms with Crippen LogP contribution in [0, 0.1) is 5.92 Å². The van der Waals surface area contributed by atoms with Crippen molar-refractivity contribution < 1.29 is 14.3 Å². The average Bonchev–Trinajstić information content (AvgIpc) is 2.77. The van der Waals surface area contributed by atoms with Gasteiger partial charge in [-0.3, -0.25) is 4.79 Å². The molecule has 4 nitrogen and oxygen atoms in total. The number of amides is 1. The van der Waals surface area contributed by atoms with E-state index in [9.17, 15) is 9.59 Å². The molecular formula is C26H47NO3S. The first kappa shape index (κ1) is 29.8. The Morgan fingerprint density at radius 1 is 0.935 bits per heavy atom. The van der Waals surface area contributed by atoms with E-state index in [0.717, 1.165) is 64.1 Å². The Morgan fingerprint density at radius 2 is 1.58 bits per heavy atom. The monoisotopic (exact) mass is 453 g/mol. The van der Waals surface area contributed by atoms with Crippen molar-refractivity contribution in [2.45, 2.75) is 103 Å². The Morgan fingerprint density at radius 3 is 2.19 bits per heavy atom. The van der Waals surface area contributed by atoms with Crippen LogP contribution in [0.5, 0.6) is 0 Å². The van der Waals surface area contributed by atoms with Crippen molar-refractivity contribution >= 4 is 25.0 Å². The lowest BCUT2D eigenvalue weighted by Crippen LogP contribution is -2.36. The van der Waals surface area contributed by atoms with Gasteiger partial charge in [0.1, 0.15) is 0 Å². The zero-order valence-electron chi connectivity index (χ0n) is 20.3. The molecule has 1 amide bonds. The van der Waals surface area contributed by atoms with Gasteiger partial charge < -0.3 is 9.64 Å². The fourth-order valence-corrected chi connectivity index (χ4v) is 3.87. The van der Waals surface area contributed by atoms with E-state index in [1.165, 1.54) is 30.6 Å². The molecule has 0 aromatic heterocycles. The molecule has 5 heteroatoms. The minimum Gasteiger partial charge on any atom is -0.438 e. The summed E-state index contributed by atoms with van der Waals surface area (Å²) < 4.78 is 5.56. The SMILES string of the molecule is CCC=CCC=CCCCCCC(CCCCCCC)C(C=O)OC(=O)N(C)CCS. The van der Waals surface area contributed by atoms with Crippen molar-refractivity contribution in [3.05, 3.63) is 24.3 Å². The van der Waals surface area contributed by atoms with Crippen LogP contribution in [0.1, 0.15) is 97.3 Å². The van der Waals surface area contributed by atoms with Crippen LogP contribution in [0.4, 0.5) is 4.79 Å². The van der Waals surface area contributed by atoms with E-state index in [4.69, 9.17) is 4.74 Å². The van der Waals surface area contributed by atoms with Crippen molar-refractivity contribution in [1.29, 1.82) is 0 Å². The van der Waals surface area contributed by atoms with Gasteiger partial charge in [0.2, 0.25) is 0 Å². The molecule has 180 valence electrons. The molecule has 0 aliphatic heterocycles. The van der Waals surface area contributed by atoms with Crippen molar-refractivity contribution in [3.63, 3.8) is 0 Å². The maximum Gasteiger partial charge on any atom is 0.410 e. The Bertz CT molecular complexity index is 493. The van der Waals surface area contributed by atoms with Crippen molar-refractivity contribution in [2.75, 3.05) is 19.3 Å². The van der Waals surface area contributed by atoms with Gasteiger partial charge in [0.05, 0.1) is 0 Å². The number of carbonyl (C=O) groups is 2. The second kappa shape index (κ2) is 22.0. The number of aldehydes is 1. The normalized spacial score (nSPS) is 13.5. The van der Waals surface area contributed by atoms with E-state index in [2.05, 4.69) is 50.8 Å². The molecule has 0 saturated heterocycles. The zero-order valence-corrected chi connectivity index (χ0v) is 21.2. The van der Waals surface area contributed by atoms with E-state index < -0.39 is 12.2 Å². The summed E-state index contributed by atoms with van der Waals surface area (Å²) in [6.45, 7) is 4.87. The number of ether oxygens (including phenoxy) is 1.